The lowest BCUT2D eigenvalue weighted by atomic mass is 10.5. The maximum atomic E-state index is 6.05. The monoisotopic (exact) mass is 326 g/mol. The second kappa shape index (κ2) is 12.2. The third kappa shape index (κ3) is 14.7. The predicted molar refractivity (Wildman–Crippen MR) is 96.1 cm³/mol. The Hall–Kier alpha value is 0.491. The zero-order valence-electron chi connectivity index (χ0n) is 11.9. The lowest BCUT2D eigenvalue weighted by Crippen LogP contribution is -2.39. The highest BCUT2D eigenvalue weighted by atomic mass is 28.4. The summed E-state index contributed by atoms with van der Waals surface area (Å²) in [7, 11) is -3.81. The topological polar surface area (TPSA) is 70.5 Å². The van der Waals surface area contributed by atoms with Crippen LogP contribution in [0.15, 0.2) is 0 Å². The van der Waals surface area contributed by atoms with Crippen LogP contribution in [-0.2, 0) is 8.23 Å². The molecule has 7 heteroatoms. The highest BCUT2D eigenvalue weighted by Crippen LogP contribution is 2.16. The summed E-state index contributed by atoms with van der Waals surface area (Å²) in [4.78, 5) is 0. The van der Waals surface area contributed by atoms with Gasteiger partial charge in [0.2, 0.25) is 0 Å². The third-order valence-corrected chi connectivity index (χ3v) is 13.2. The van der Waals surface area contributed by atoms with Gasteiger partial charge in [0.1, 0.15) is 0 Å². The van der Waals surface area contributed by atoms with Crippen LogP contribution in [0.1, 0.15) is 27.7 Å². The number of rotatable bonds is 10. The Labute approximate surface area is 126 Å². The van der Waals surface area contributed by atoms with Crippen molar-refractivity contribution in [3.63, 3.8) is 0 Å². The van der Waals surface area contributed by atoms with E-state index in [0.29, 0.717) is 0 Å². The standard InChI is InChI=1S/C10H30N2O2Si3.2CH4/c1-16(2,9-5-7-11)13-15-14-17(3,4)10-6-8-12;;/h5-12,15H2,1-4H3;2*1H4. The summed E-state index contributed by atoms with van der Waals surface area (Å²) in [5.41, 5.74) is 11.1. The van der Waals surface area contributed by atoms with Crippen LogP contribution < -0.4 is 11.5 Å². The molecule has 0 bridgehead atoms. The molecule has 4 nitrogen and oxygen atoms in total. The van der Waals surface area contributed by atoms with Crippen LogP contribution in [0, 0.1) is 0 Å². The smallest absolute Gasteiger partial charge is 0.283 e. The molecule has 0 aromatic carbocycles. The molecule has 0 spiro atoms. The van der Waals surface area contributed by atoms with E-state index in [1.807, 2.05) is 0 Å². The van der Waals surface area contributed by atoms with Crippen LogP contribution >= 0.6 is 0 Å². The van der Waals surface area contributed by atoms with E-state index in [-0.39, 0.29) is 14.9 Å². The first-order valence-electron chi connectivity index (χ1n) is 6.51. The van der Waals surface area contributed by atoms with Gasteiger partial charge in [-0.3, -0.25) is 0 Å². The summed E-state index contributed by atoms with van der Waals surface area (Å²) in [6.07, 6.45) is 2.14. The maximum absolute atomic E-state index is 6.05. The molecule has 0 fully saturated rings. The summed E-state index contributed by atoms with van der Waals surface area (Å²) in [5.74, 6) is 0. The van der Waals surface area contributed by atoms with E-state index in [2.05, 4.69) is 26.2 Å². The van der Waals surface area contributed by atoms with Crippen LogP contribution in [0.2, 0.25) is 38.3 Å². The van der Waals surface area contributed by atoms with E-state index >= 15 is 0 Å². The Balaban J connectivity index is -0.00000128. The average molecular weight is 327 g/mol. The zero-order chi connectivity index (χ0) is 13.4. The van der Waals surface area contributed by atoms with Gasteiger partial charge in [-0.25, -0.2) is 0 Å². The molecule has 0 aliphatic heterocycles. The maximum Gasteiger partial charge on any atom is 0.283 e. The fraction of sp³-hybridized carbons (Fsp3) is 1.00. The minimum Gasteiger partial charge on any atom is -0.441 e. The molecular weight excluding hydrogens is 288 g/mol. The molecule has 0 unspecified atom stereocenters. The van der Waals surface area contributed by atoms with E-state index in [4.69, 9.17) is 19.7 Å². The first kappa shape index (κ1) is 24.5. The highest BCUT2D eigenvalue weighted by molar-refractivity contribution is 6.78. The van der Waals surface area contributed by atoms with E-state index < -0.39 is 26.6 Å². The Morgan fingerprint density at radius 3 is 1.37 bits per heavy atom. The molecule has 0 rings (SSSR count). The first-order chi connectivity index (χ1) is 7.83. The van der Waals surface area contributed by atoms with E-state index in [0.717, 1.165) is 38.0 Å². The number of hydrogen-bond acceptors (Lipinski definition) is 4. The van der Waals surface area contributed by atoms with Gasteiger partial charge in [0.15, 0.2) is 16.6 Å². The molecular formula is C12H38N2O2Si3. The number of hydrogen-bond donors (Lipinski definition) is 2. The van der Waals surface area contributed by atoms with Crippen molar-refractivity contribution in [2.45, 2.75) is 66.0 Å². The largest absolute Gasteiger partial charge is 0.441 e. The van der Waals surface area contributed by atoms with Gasteiger partial charge in [-0.05, 0) is 64.2 Å². The molecule has 120 valence electrons. The van der Waals surface area contributed by atoms with Crippen molar-refractivity contribution in [2.75, 3.05) is 13.1 Å². The summed E-state index contributed by atoms with van der Waals surface area (Å²) in [6, 6.07) is 2.29. The predicted octanol–water partition coefficient (Wildman–Crippen LogP) is 2.40. The van der Waals surface area contributed by atoms with E-state index in [1.54, 1.807) is 0 Å². The van der Waals surface area contributed by atoms with Crippen LogP contribution in [0.25, 0.3) is 0 Å². The van der Waals surface area contributed by atoms with Gasteiger partial charge in [0, 0.05) is 0 Å². The number of nitrogens with two attached hydrogens (primary N) is 2. The molecule has 19 heavy (non-hydrogen) atoms. The second-order valence-corrected chi connectivity index (χ2v) is 16.3. The van der Waals surface area contributed by atoms with Crippen LogP contribution in [0.5, 0.6) is 0 Å². The Kier molecular flexibility index (Phi) is 15.8. The van der Waals surface area contributed by atoms with Crippen molar-refractivity contribution in [3.8, 4) is 0 Å². The third-order valence-electron chi connectivity index (χ3n) is 2.87. The molecule has 0 saturated heterocycles. The minimum atomic E-state index is -1.50. The van der Waals surface area contributed by atoms with Crippen LogP contribution in [-0.4, -0.2) is 39.7 Å². The zero-order valence-corrected chi connectivity index (χ0v) is 15.3. The molecule has 0 aromatic heterocycles. The Bertz CT molecular complexity index is 185. The fourth-order valence-corrected chi connectivity index (χ4v) is 8.13. The molecule has 0 saturated carbocycles. The van der Waals surface area contributed by atoms with Crippen molar-refractivity contribution in [1.29, 1.82) is 0 Å². The van der Waals surface area contributed by atoms with Crippen molar-refractivity contribution in [2.24, 2.45) is 11.5 Å². The lowest BCUT2D eigenvalue weighted by Gasteiger charge is -2.28. The van der Waals surface area contributed by atoms with Crippen LogP contribution in [0.4, 0.5) is 0 Å². The molecule has 0 amide bonds. The SMILES string of the molecule is C.C.C[Si](C)(CCCN)O[SiH2]O[Si](C)(C)CCCN. The quantitative estimate of drug-likeness (QED) is 0.605. The molecule has 0 aliphatic rings. The van der Waals surface area contributed by atoms with E-state index in [1.165, 1.54) is 0 Å². The summed E-state index contributed by atoms with van der Waals surface area (Å²) >= 11 is 0. The summed E-state index contributed by atoms with van der Waals surface area (Å²) < 4.78 is 12.1. The van der Waals surface area contributed by atoms with Gasteiger partial charge in [-0.1, -0.05) is 14.9 Å². The minimum absolute atomic E-state index is 0. The van der Waals surface area contributed by atoms with Gasteiger partial charge in [0.25, 0.3) is 10.0 Å². The van der Waals surface area contributed by atoms with Crippen molar-refractivity contribution in [3.05, 3.63) is 0 Å². The van der Waals surface area contributed by atoms with Gasteiger partial charge < -0.3 is 19.7 Å². The first-order valence-corrected chi connectivity index (χ1v) is 13.9. The Morgan fingerprint density at radius 1 is 0.789 bits per heavy atom. The lowest BCUT2D eigenvalue weighted by molar-refractivity contribution is 0.446. The van der Waals surface area contributed by atoms with Crippen molar-refractivity contribution in [1.82, 2.24) is 0 Å². The van der Waals surface area contributed by atoms with Crippen LogP contribution in [0.3, 0.4) is 0 Å². The summed E-state index contributed by atoms with van der Waals surface area (Å²) in [5, 5.41) is 0. The second-order valence-electron chi connectivity index (χ2n) is 5.71. The van der Waals surface area contributed by atoms with Gasteiger partial charge in [0.05, 0.1) is 0 Å². The fourth-order valence-electron chi connectivity index (χ4n) is 1.55. The van der Waals surface area contributed by atoms with Crippen molar-refractivity contribution >= 4 is 26.6 Å². The molecule has 0 radical (unpaired) electrons. The molecule has 0 heterocycles. The van der Waals surface area contributed by atoms with Crippen molar-refractivity contribution < 1.29 is 8.23 Å². The molecule has 4 N–H and O–H groups in total. The average Bonchev–Trinajstić information content (AvgIpc) is 2.23. The van der Waals surface area contributed by atoms with E-state index in [9.17, 15) is 0 Å². The summed E-state index contributed by atoms with van der Waals surface area (Å²) in [6.45, 7) is 10.6. The van der Waals surface area contributed by atoms with Gasteiger partial charge in [-0.15, -0.1) is 0 Å². The molecule has 0 atom stereocenters. The molecule has 0 aromatic rings. The molecule has 0 aliphatic carbocycles. The van der Waals surface area contributed by atoms with Gasteiger partial charge in [-0.2, -0.15) is 0 Å². The van der Waals surface area contributed by atoms with Gasteiger partial charge >= 0.3 is 0 Å². The normalized spacial score (nSPS) is 11.7. The Morgan fingerprint density at radius 2 is 1.11 bits per heavy atom. The highest BCUT2D eigenvalue weighted by Gasteiger charge is 2.25.